The van der Waals surface area contributed by atoms with E-state index in [9.17, 15) is 0 Å². The van der Waals surface area contributed by atoms with Crippen molar-refractivity contribution < 1.29 is 0 Å². The molecule has 0 amide bonds. The summed E-state index contributed by atoms with van der Waals surface area (Å²) in [6.45, 7) is 8.57. The summed E-state index contributed by atoms with van der Waals surface area (Å²) in [4.78, 5) is 0. The SMILES string of the molecule is Br.CC(C)(C)c1ccc(CNCc2ccccc2)cc1. The maximum absolute atomic E-state index is 3.48. The fourth-order valence-electron chi connectivity index (χ4n) is 2.07. The molecule has 2 rings (SSSR count). The fraction of sp³-hybridized carbons (Fsp3) is 0.333. The van der Waals surface area contributed by atoms with Crippen LogP contribution < -0.4 is 5.32 Å². The van der Waals surface area contributed by atoms with Crippen LogP contribution in [0.5, 0.6) is 0 Å². The lowest BCUT2D eigenvalue weighted by molar-refractivity contribution is 0.589. The van der Waals surface area contributed by atoms with Crippen molar-refractivity contribution in [2.75, 3.05) is 0 Å². The molecule has 0 unspecified atom stereocenters. The fourth-order valence-corrected chi connectivity index (χ4v) is 2.07. The first-order valence-electron chi connectivity index (χ1n) is 6.90. The molecule has 1 N–H and O–H groups in total. The van der Waals surface area contributed by atoms with E-state index < -0.39 is 0 Å². The quantitative estimate of drug-likeness (QED) is 0.843. The molecular formula is C18H24BrN. The van der Waals surface area contributed by atoms with Crippen molar-refractivity contribution >= 4 is 17.0 Å². The summed E-state index contributed by atoms with van der Waals surface area (Å²) in [5.74, 6) is 0. The van der Waals surface area contributed by atoms with E-state index in [2.05, 4.69) is 80.7 Å². The molecule has 0 aliphatic carbocycles. The third-order valence-corrected chi connectivity index (χ3v) is 3.32. The molecule has 1 nitrogen and oxygen atoms in total. The first kappa shape index (κ1) is 16.9. The zero-order valence-electron chi connectivity index (χ0n) is 12.5. The lowest BCUT2D eigenvalue weighted by atomic mass is 9.87. The number of nitrogens with one attached hydrogen (secondary N) is 1. The van der Waals surface area contributed by atoms with E-state index in [1.54, 1.807) is 0 Å². The molecule has 0 atom stereocenters. The van der Waals surface area contributed by atoms with Gasteiger partial charge >= 0.3 is 0 Å². The molecule has 2 aromatic carbocycles. The summed E-state index contributed by atoms with van der Waals surface area (Å²) in [7, 11) is 0. The van der Waals surface area contributed by atoms with Crippen molar-refractivity contribution in [1.29, 1.82) is 0 Å². The van der Waals surface area contributed by atoms with Gasteiger partial charge in [0.15, 0.2) is 0 Å². The number of halogens is 1. The minimum Gasteiger partial charge on any atom is -0.309 e. The molecule has 0 saturated heterocycles. The number of hydrogen-bond donors (Lipinski definition) is 1. The van der Waals surface area contributed by atoms with Crippen LogP contribution in [0.1, 0.15) is 37.5 Å². The second-order valence-electron chi connectivity index (χ2n) is 6.04. The van der Waals surface area contributed by atoms with Crippen LogP contribution in [0.25, 0.3) is 0 Å². The lowest BCUT2D eigenvalue weighted by Gasteiger charge is -2.19. The second-order valence-corrected chi connectivity index (χ2v) is 6.04. The Morgan fingerprint density at radius 3 is 1.75 bits per heavy atom. The minimum absolute atomic E-state index is 0. The van der Waals surface area contributed by atoms with Crippen LogP contribution in [0.3, 0.4) is 0 Å². The van der Waals surface area contributed by atoms with E-state index in [4.69, 9.17) is 0 Å². The predicted molar refractivity (Wildman–Crippen MR) is 92.4 cm³/mol. The molecule has 0 saturated carbocycles. The molecule has 108 valence electrons. The van der Waals surface area contributed by atoms with Crippen molar-refractivity contribution in [3.05, 3.63) is 71.3 Å². The standard InChI is InChI=1S/C18H23N.BrH/c1-18(2,3)17-11-9-16(10-12-17)14-19-13-15-7-5-4-6-8-15;/h4-12,19H,13-14H2,1-3H3;1H. The summed E-state index contributed by atoms with van der Waals surface area (Å²) in [5.41, 5.74) is 4.28. The zero-order valence-corrected chi connectivity index (χ0v) is 14.2. The van der Waals surface area contributed by atoms with E-state index in [-0.39, 0.29) is 22.4 Å². The van der Waals surface area contributed by atoms with Gasteiger partial charge in [0.05, 0.1) is 0 Å². The molecule has 20 heavy (non-hydrogen) atoms. The number of rotatable bonds is 4. The molecule has 0 aromatic heterocycles. The summed E-state index contributed by atoms with van der Waals surface area (Å²) >= 11 is 0. The van der Waals surface area contributed by atoms with Gasteiger partial charge in [-0.1, -0.05) is 75.4 Å². The van der Waals surface area contributed by atoms with Gasteiger partial charge in [-0.2, -0.15) is 0 Å². The van der Waals surface area contributed by atoms with Gasteiger partial charge < -0.3 is 5.32 Å². The largest absolute Gasteiger partial charge is 0.309 e. The van der Waals surface area contributed by atoms with Crippen LogP contribution >= 0.6 is 17.0 Å². The Kier molecular flexibility index (Phi) is 6.44. The molecule has 0 bridgehead atoms. The van der Waals surface area contributed by atoms with Gasteiger partial charge in [0.25, 0.3) is 0 Å². The summed E-state index contributed by atoms with van der Waals surface area (Å²) in [5, 5.41) is 3.48. The van der Waals surface area contributed by atoms with Crippen molar-refractivity contribution in [1.82, 2.24) is 5.32 Å². The number of benzene rings is 2. The molecule has 2 aromatic rings. The topological polar surface area (TPSA) is 12.0 Å². The van der Waals surface area contributed by atoms with Crippen LogP contribution in [-0.2, 0) is 18.5 Å². The average molecular weight is 334 g/mol. The Labute approximate surface area is 133 Å². The van der Waals surface area contributed by atoms with Crippen molar-refractivity contribution in [3.8, 4) is 0 Å². The van der Waals surface area contributed by atoms with Gasteiger partial charge in [-0.25, -0.2) is 0 Å². The highest BCUT2D eigenvalue weighted by Gasteiger charge is 2.12. The van der Waals surface area contributed by atoms with E-state index in [0.717, 1.165) is 13.1 Å². The average Bonchev–Trinajstić information content (AvgIpc) is 2.39. The Bertz CT molecular complexity index is 497. The van der Waals surface area contributed by atoms with Crippen molar-refractivity contribution in [2.24, 2.45) is 0 Å². The molecule has 0 aliphatic rings. The highest BCUT2D eigenvalue weighted by molar-refractivity contribution is 8.93. The van der Waals surface area contributed by atoms with Crippen LogP contribution in [0.2, 0.25) is 0 Å². The predicted octanol–water partition coefficient (Wildman–Crippen LogP) is 4.85. The third-order valence-electron chi connectivity index (χ3n) is 3.32. The van der Waals surface area contributed by atoms with Crippen LogP contribution in [0.4, 0.5) is 0 Å². The van der Waals surface area contributed by atoms with Crippen molar-refractivity contribution in [2.45, 2.75) is 39.3 Å². The first-order chi connectivity index (χ1) is 9.05. The molecule has 0 radical (unpaired) electrons. The van der Waals surface area contributed by atoms with Gasteiger partial charge in [-0.3, -0.25) is 0 Å². The number of hydrogen-bond acceptors (Lipinski definition) is 1. The Morgan fingerprint density at radius 1 is 0.750 bits per heavy atom. The highest BCUT2D eigenvalue weighted by Crippen LogP contribution is 2.22. The molecule has 0 heterocycles. The normalized spacial score (nSPS) is 10.9. The summed E-state index contributed by atoms with van der Waals surface area (Å²) in [6, 6.07) is 19.4. The van der Waals surface area contributed by atoms with Crippen molar-refractivity contribution in [3.63, 3.8) is 0 Å². The van der Waals surface area contributed by atoms with Gasteiger partial charge in [0, 0.05) is 13.1 Å². The van der Waals surface area contributed by atoms with Gasteiger partial charge in [-0.05, 0) is 22.1 Å². The van der Waals surface area contributed by atoms with Gasteiger partial charge in [0.2, 0.25) is 0 Å². The van der Waals surface area contributed by atoms with E-state index >= 15 is 0 Å². The molecule has 0 fully saturated rings. The smallest absolute Gasteiger partial charge is 0.0208 e. The van der Waals surface area contributed by atoms with E-state index in [0.29, 0.717) is 0 Å². The Hall–Kier alpha value is -1.12. The van der Waals surface area contributed by atoms with E-state index in [1.807, 2.05) is 0 Å². The maximum atomic E-state index is 3.48. The zero-order chi connectivity index (χ0) is 13.7. The molecule has 0 aliphatic heterocycles. The second kappa shape index (κ2) is 7.61. The first-order valence-corrected chi connectivity index (χ1v) is 6.90. The Balaban J connectivity index is 0.00000200. The monoisotopic (exact) mass is 333 g/mol. The van der Waals surface area contributed by atoms with Crippen LogP contribution in [0, 0.1) is 0 Å². The summed E-state index contributed by atoms with van der Waals surface area (Å²) < 4.78 is 0. The highest BCUT2D eigenvalue weighted by atomic mass is 79.9. The van der Waals surface area contributed by atoms with E-state index in [1.165, 1.54) is 16.7 Å². The molecule has 0 spiro atoms. The van der Waals surface area contributed by atoms with Gasteiger partial charge in [-0.15, -0.1) is 17.0 Å². The molecule has 2 heteroatoms. The molecular weight excluding hydrogens is 310 g/mol. The van der Waals surface area contributed by atoms with Crippen LogP contribution in [-0.4, -0.2) is 0 Å². The lowest BCUT2D eigenvalue weighted by Crippen LogP contribution is -2.14. The van der Waals surface area contributed by atoms with Gasteiger partial charge in [0.1, 0.15) is 0 Å². The third kappa shape index (κ3) is 5.10. The summed E-state index contributed by atoms with van der Waals surface area (Å²) in [6.07, 6.45) is 0. The Morgan fingerprint density at radius 2 is 1.25 bits per heavy atom. The van der Waals surface area contributed by atoms with Crippen LogP contribution in [0.15, 0.2) is 54.6 Å². The maximum Gasteiger partial charge on any atom is 0.0208 e. The minimum atomic E-state index is 0.